The molecule has 3 heteroatoms. The first-order valence-corrected chi connectivity index (χ1v) is 19.1. The van der Waals surface area contributed by atoms with E-state index in [0.29, 0.717) is 5.82 Å². The van der Waals surface area contributed by atoms with Gasteiger partial charge in [-0.3, -0.25) is 4.98 Å². The Hall–Kier alpha value is -7.49. The number of hydrogen-bond acceptors (Lipinski definition) is 3. The first-order valence-electron chi connectivity index (χ1n) is 19.1. The first kappa shape index (κ1) is 30.9. The number of pyridine rings is 1. The van der Waals surface area contributed by atoms with Gasteiger partial charge in [-0.2, -0.15) is 0 Å². The average Bonchev–Trinajstić information content (AvgIpc) is 3.27. The highest BCUT2D eigenvalue weighted by Gasteiger charge is 2.18. The second-order valence-corrected chi connectivity index (χ2v) is 14.8. The molecule has 0 spiro atoms. The molecule has 0 atom stereocenters. The summed E-state index contributed by atoms with van der Waals surface area (Å²) in [4.78, 5) is 15.1. The van der Waals surface area contributed by atoms with Crippen LogP contribution in [0.1, 0.15) is 0 Å². The summed E-state index contributed by atoms with van der Waals surface area (Å²) in [7, 11) is 0. The average molecular weight is 710 g/mol. The molecular formula is C53H31N3. The van der Waals surface area contributed by atoms with Gasteiger partial charge in [-0.05, 0) is 118 Å². The van der Waals surface area contributed by atoms with Crippen molar-refractivity contribution in [3.63, 3.8) is 0 Å². The van der Waals surface area contributed by atoms with Crippen LogP contribution in [0.15, 0.2) is 188 Å². The summed E-state index contributed by atoms with van der Waals surface area (Å²) in [5.74, 6) is 0.699. The predicted octanol–water partition coefficient (Wildman–Crippen LogP) is 14.0. The van der Waals surface area contributed by atoms with Gasteiger partial charge < -0.3 is 0 Å². The molecule has 0 aliphatic heterocycles. The molecule has 0 fully saturated rings. The summed E-state index contributed by atoms with van der Waals surface area (Å²) in [6.45, 7) is 0. The summed E-state index contributed by atoms with van der Waals surface area (Å²) in [6.07, 6.45) is 1.84. The van der Waals surface area contributed by atoms with E-state index in [4.69, 9.17) is 9.97 Å². The maximum Gasteiger partial charge on any atom is 0.160 e. The molecule has 0 saturated carbocycles. The zero-order chi connectivity index (χ0) is 36.7. The Bertz CT molecular complexity index is 3530. The van der Waals surface area contributed by atoms with Crippen molar-refractivity contribution in [1.29, 1.82) is 0 Å². The summed E-state index contributed by atoms with van der Waals surface area (Å²) in [5.41, 5.74) is 8.09. The largest absolute Gasteiger partial charge is 0.256 e. The van der Waals surface area contributed by atoms with Gasteiger partial charge in [0.15, 0.2) is 5.82 Å². The van der Waals surface area contributed by atoms with Crippen LogP contribution in [0.5, 0.6) is 0 Å². The van der Waals surface area contributed by atoms with Gasteiger partial charge in [0.25, 0.3) is 0 Å². The summed E-state index contributed by atoms with van der Waals surface area (Å²) in [5, 5.41) is 16.2. The van der Waals surface area contributed by atoms with Crippen LogP contribution in [0.25, 0.3) is 121 Å². The highest BCUT2D eigenvalue weighted by atomic mass is 14.9. The molecular weight excluding hydrogens is 679 g/mol. The Morgan fingerprint density at radius 3 is 1.54 bits per heavy atom. The van der Waals surface area contributed by atoms with Crippen LogP contribution in [-0.4, -0.2) is 15.0 Å². The van der Waals surface area contributed by atoms with Crippen molar-refractivity contribution in [2.75, 3.05) is 0 Å². The Kier molecular flexibility index (Phi) is 6.63. The van der Waals surface area contributed by atoms with Gasteiger partial charge in [0.2, 0.25) is 0 Å². The van der Waals surface area contributed by atoms with Gasteiger partial charge in [-0.1, -0.05) is 140 Å². The second kappa shape index (κ2) is 12.0. The van der Waals surface area contributed by atoms with Gasteiger partial charge in [-0.15, -0.1) is 0 Å². The number of fused-ring (bicyclic) bond motifs is 3. The molecule has 2 aromatic heterocycles. The Balaban J connectivity index is 1.15. The molecule has 3 nitrogen and oxygen atoms in total. The molecule has 56 heavy (non-hydrogen) atoms. The third-order valence-electron chi connectivity index (χ3n) is 11.6. The van der Waals surface area contributed by atoms with E-state index in [1.807, 2.05) is 18.3 Å². The Labute approximate surface area is 322 Å². The van der Waals surface area contributed by atoms with Crippen molar-refractivity contribution < 1.29 is 0 Å². The molecule has 0 amide bonds. The topological polar surface area (TPSA) is 38.7 Å². The number of hydrogen-bond donors (Lipinski definition) is 0. The predicted molar refractivity (Wildman–Crippen MR) is 235 cm³/mol. The lowest BCUT2D eigenvalue weighted by Crippen LogP contribution is -1.96. The Morgan fingerprint density at radius 2 is 0.821 bits per heavy atom. The van der Waals surface area contributed by atoms with Crippen molar-refractivity contribution >= 4 is 75.5 Å². The van der Waals surface area contributed by atoms with Gasteiger partial charge in [0.05, 0.1) is 16.9 Å². The lowest BCUT2D eigenvalue weighted by atomic mass is 9.87. The molecule has 0 radical (unpaired) electrons. The molecule has 2 heterocycles. The van der Waals surface area contributed by atoms with Crippen molar-refractivity contribution in [2.45, 2.75) is 0 Å². The van der Waals surface area contributed by atoms with Crippen molar-refractivity contribution in [2.24, 2.45) is 0 Å². The zero-order valence-corrected chi connectivity index (χ0v) is 30.2. The quantitative estimate of drug-likeness (QED) is 0.171. The minimum atomic E-state index is 0.699. The van der Waals surface area contributed by atoms with E-state index < -0.39 is 0 Å². The van der Waals surface area contributed by atoms with E-state index in [-0.39, 0.29) is 0 Å². The normalized spacial score (nSPS) is 11.9. The fourth-order valence-electron chi connectivity index (χ4n) is 9.00. The highest BCUT2D eigenvalue weighted by Crippen LogP contribution is 2.44. The number of benzene rings is 9. The molecule has 258 valence electrons. The van der Waals surface area contributed by atoms with Crippen LogP contribution in [-0.2, 0) is 0 Å². The van der Waals surface area contributed by atoms with Crippen molar-refractivity contribution in [3.8, 4) is 45.0 Å². The van der Waals surface area contributed by atoms with Gasteiger partial charge in [0.1, 0.15) is 0 Å². The van der Waals surface area contributed by atoms with Crippen LogP contribution in [0.2, 0.25) is 0 Å². The molecule has 0 N–H and O–H groups in total. The van der Waals surface area contributed by atoms with Crippen LogP contribution < -0.4 is 0 Å². The van der Waals surface area contributed by atoms with E-state index in [1.54, 1.807) is 0 Å². The van der Waals surface area contributed by atoms with Crippen LogP contribution in [0, 0.1) is 0 Å². The first-order chi connectivity index (χ1) is 27.7. The summed E-state index contributed by atoms with van der Waals surface area (Å²) >= 11 is 0. The highest BCUT2D eigenvalue weighted by molar-refractivity contribution is 6.37. The monoisotopic (exact) mass is 709 g/mol. The zero-order valence-electron chi connectivity index (χ0n) is 30.2. The second-order valence-electron chi connectivity index (χ2n) is 14.8. The number of nitrogens with zero attached hydrogens (tertiary/aromatic N) is 3. The molecule has 12 aromatic rings. The summed E-state index contributed by atoms with van der Waals surface area (Å²) in [6, 6.07) is 65.7. The number of rotatable bonds is 4. The maximum absolute atomic E-state index is 5.32. The molecule has 0 aliphatic carbocycles. The van der Waals surface area contributed by atoms with Crippen LogP contribution in [0.3, 0.4) is 0 Å². The molecule has 12 rings (SSSR count). The minimum absolute atomic E-state index is 0.699. The minimum Gasteiger partial charge on any atom is -0.256 e. The molecule has 0 unspecified atom stereocenters. The van der Waals surface area contributed by atoms with E-state index in [0.717, 1.165) is 50.1 Å². The lowest BCUT2D eigenvalue weighted by Gasteiger charge is -2.17. The SMILES string of the molecule is c1ccc(-c2nc(-c3cccc(-c4ccc5ncccc5c4)c3)cc(-c3cc4ccc5cccc6c7cccc8ccc9cccc(c(c3)c4c56)c9c87)n2)cc1. The van der Waals surface area contributed by atoms with E-state index >= 15 is 0 Å². The van der Waals surface area contributed by atoms with Gasteiger partial charge >= 0.3 is 0 Å². The molecule has 10 aromatic carbocycles. The maximum atomic E-state index is 5.32. The van der Waals surface area contributed by atoms with Crippen LogP contribution >= 0.6 is 0 Å². The standard InChI is InChI=1S/C53H31N3/c1-2-9-35(10-3-1)53-55-47(39-15-4-14-36(27-39)37-24-25-46-38(28-37)16-8-26-54-46)31-48(56-53)41-29-40-23-22-34-12-6-18-43-42-17-5-11-32-20-21-33-13-7-19-44(51(33)49(32)42)45(30-41)52(40)50(34)43/h1-31H. The molecule has 0 saturated heterocycles. The van der Waals surface area contributed by atoms with Crippen molar-refractivity contribution in [1.82, 2.24) is 15.0 Å². The lowest BCUT2D eigenvalue weighted by molar-refractivity contribution is 1.18. The van der Waals surface area contributed by atoms with Crippen molar-refractivity contribution in [3.05, 3.63) is 188 Å². The Morgan fingerprint density at radius 1 is 0.286 bits per heavy atom. The molecule has 0 aliphatic rings. The van der Waals surface area contributed by atoms with E-state index in [2.05, 4.69) is 175 Å². The summed E-state index contributed by atoms with van der Waals surface area (Å²) < 4.78 is 0. The van der Waals surface area contributed by atoms with Gasteiger partial charge in [0, 0.05) is 28.3 Å². The fraction of sp³-hybridized carbons (Fsp3) is 0. The molecule has 0 bridgehead atoms. The van der Waals surface area contributed by atoms with E-state index in [1.165, 1.54) is 64.6 Å². The van der Waals surface area contributed by atoms with E-state index in [9.17, 15) is 0 Å². The van der Waals surface area contributed by atoms with Crippen LogP contribution in [0.4, 0.5) is 0 Å². The number of aromatic nitrogens is 3. The van der Waals surface area contributed by atoms with Gasteiger partial charge in [-0.25, -0.2) is 9.97 Å². The third kappa shape index (κ3) is 4.74. The smallest absolute Gasteiger partial charge is 0.160 e. The fourth-order valence-corrected chi connectivity index (χ4v) is 9.00. The third-order valence-corrected chi connectivity index (χ3v) is 11.6.